The lowest BCUT2D eigenvalue weighted by Gasteiger charge is -1.93. The second kappa shape index (κ2) is 5.37. The van der Waals surface area contributed by atoms with Gasteiger partial charge in [0.25, 0.3) is 11.6 Å². The van der Waals surface area contributed by atoms with Gasteiger partial charge in [0.05, 0.1) is 4.92 Å². The van der Waals surface area contributed by atoms with Crippen LogP contribution in [0.1, 0.15) is 5.82 Å². The van der Waals surface area contributed by atoms with Crippen LogP contribution in [0.15, 0.2) is 28.8 Å². The first kappa shape index (κ1) is 12.2. The molecule has 0 saturated heterocycles. The van der Waals surface area contributed by atoms with Crippen LogP contribution in [0.4, 0.5) is 5.69 Å². The van der Waals surface area contributed by atoms with Gasteiger partial charge in [-0.15, -0.1) is 0 Å². The quantitative estimate of drug-likeness (QED) is 0.635. The van der Waals surface area contributed by atoms with Gasteiger partial charge in [0.2, 0.25) is 0 Å². The van der Waals surface area contributed by atoms with Crippen molar-refractivity contribution in [2.75, 3.05) is 13.6 Å². The van der Waals surface area contributed by atoms with Crippen molar-refractivity contribution in [1.82, 2.24) is 15.5 Å². The van der Waals surface area contributed by atoms with Crippen molar-refractivity contribution >= 4 is 5.69 Å². The van der Waals surface area contributed by atoms with Crippen LogP contribution in [0.3, 0.4) is 0 Å². The molecule has 94 valence electrons. The van der Waals surface area contributed by atoms with Gasteiger partial charge < -0.3 is 9.84 Å². The van der Waals surface area contributed by atoms with Gasteiger partial charge in [-0.1, -0.05) is 5.16 Å². The Morgan fingerprint density at radius 3 is 2.72 bits per heavy atom. The molecule has 0 atom stereocenters. The molecule has 0 fully saturated rings. The predicted octanol–water partition coefficient (Wildman–Crippen LogP) is 1.41. The number of rotatable bonds is 5. The summed E-state index contributed by atoms with van der Waals surface area (Å²) in [6.07, 6.45) is 0.674. The van der Waals surface area contributed by atoms with E-state index in [0.717, 1.165) is 6.54 Å². The topological polar surface area (TPSA) is 94.1 Å². The molecule has 1 heterocycles. The number of nitrogens with one attached hydrogen (secondary N) is 1. The molecule has 18 heavy (non-hydrogen) atoms. The van der Waals surface area contributed by atoms with E-state index in [-0.39, 0.29) is 5.69 Å². The van der Waals surface area contributed by atoms with E-state index in [2.05, 4.69) is 15.5 Å². The molecule has 0 spiro atoms. The van der Waals surface area contributed by atoms with Gasteiger partial charge in [-0.25, -0.2) is 0 Å². The monoisotopic (exact) mass is 248 g/mol. The van der Waals surface area contributed by atoms with Gasteiger partial charge in [-0.05, 0) is 19.2 Å². The van der Waals surface area contributed by atoms with E-state index in [1.165, 1.54) is 12.1 Å². The van der Waals surface area contributed by atoms with Crippen molar-refractivity contribution in [2.45, 2.75) is 6.42 Å². The number of nitro groups is 1. The molecular weight excluding hydrogens is 236 g/mol. The van der Waals surface area contributed by atoms with Crippen LogP contribution in [0.5, 0.6) is 0 Å². The highest BCUT2D eigenvalue weighted by Gasteiger charge is 2.10. The zero-order chi connectivity index (χ0) is 13.0. The van der Waals surface area contributed by atoms with Gasteiger partial charge in [-0.2, -0.15) is 4.98 Å². The highest BCUT2D eigenvalue weighted by atomic mass is 16.6. The van der Waals surface area contributed by atoms with Crippen molar-refractivity contribution in [2.24, 2.45) is 0 Å². The molecule has 7 nitrogen and oxygen atoms in total. The molecule has 2 aromatic rings. The first-order valence-electron chi connectivity index (χ1n) is 5.42. The molecule has 1 aromatic carbocycles. The van der Waals surface area contributed by atoms with Crippen LogP contribution in [-0.4, -0.2) is 28.7 Å². The van der Waals surface area contributed by atoms with Gasteiger partial charge in [-0.3, -0.25) is 10.1 Å². The van der Waals surface area contributed by atoms with Crippen molar-refractivity contribution in [1.29, 1.82) is 0 Å². The zero-order valence-corrected chi connectivity index (χ0v) is 9.79. The van der Waals surface area contributed by atoms with Crippen LogP contribution in [0.2, 0.25) is 0 Å². The highest BCUT2D eigenvalue weighted by Crippen LogP contribution is 2.20. The normalized spacial score (nSPS) is 10.5. The first-order valence-corrected chi connectivity index (χ1v) is 5.42. The smallest absolute Gasteiger partial charge is 0.269 e. The summed E-state index contributed by atoms with van der Waals surface area (Å²) in [7, 11) is 1.84. The highest BCUT2D eigenvalue weighted by molar-refractivity contribution is 5.55. The Bertz CT molecular complexity index is 535. The van der Waals surface area contributed by atoms with Crippen molar-refractivity contribution in [3.8, 4) is 11.5 Å². The fourth-order valence-electron chi connectivity index (χ4n) is 1.44. The summed E-state index contributed by atoms with van der Waals surface area (Å²) < 4.78 is 5.09. The van der Waals surface area contributed by atoms with E-state index in [1.807, 2.05) is 7.05 Å². The van der Waals surface area contributed by atoms with Gasteiger partial charge in [0, 0.05) is 30.7 Å². The molecule has 0 amide bonds. The van der Waals surface area contributed by atoms with Crippen LogP contribution >= 0.6 is 0 Å². The fraction of sp³-hybridized carbons (Fsp3) is 0.273. The lowest BCUT2D eigenvalue weighted by Crippen LogP contribution is -2.10. The molecule has 7 heteroatoms. The van der Waals surface area contributed by atoms with Crippen LogP contribution < -0.4 is 5.32 Å². The predicted molar refractivity (Wildman–Crippen MR) is 64.0 cm³/mol. The number of aromatic nitrogens is 2. The largest absolute Gasteiger partial charge is 0.334 e. The third kappa shape index (κ3) is 2.69. The van der Waals surface area contributed by atoms with E-state index in [0.29, 0.717) is 23.7 Å². The lowest BCUT2D eigenvalue weighted by atomic mass is 10.2. The molecule has 0 saturated carbocycles. The maximum atomic E-state index is 10.5. The standard InChI is InChI=1S/C11H12N4O3/c1-12-7-6-10-13-11(18-14-10)8-2-4-9(5-3-8)15(16)17/h2-5,12H,6-7H2,1H3. The lowest BCUT2D eigenvalue weighted by molar-refractivity contribution is -0.384. The fourth-order valence-corrected chi connectivity index (χ4v) is 1.44. The van der Waals surface area contributed by atoms with Gasteiger partial charge in [0.1, 0.15) is 0 Å². The summed E-state index contributed by atoms with van der Waals surface area (Å²) in [5.41, 5.74) is 0.706. The van der Waals surface area contributed by atoms with Crippen LogP contribution in [0.25, 0.3) is 11.5 Å². The number of hydrogen-bond acceptors (Lipinski definition) is 6. The summed E-state index contributed by atoms with van der Waals surface area (Å²) in [5.74, 6) is 0.980. The Kier molecular flexibility index (Phi) is 3.63. The minimum Gasteiger partial charge on any atom is -0.334 e. The molecule has 0 aliphatic rings. The Balaban J connectivity index is 2.15. The number of nitro benzene ring substituents is 1. The average molecular weight is 248 g/mol. The van der Waals surface area contributed by atoms with E-state index in [9.17, 15) is 10.1 Å². The van der Waals surface area contributed by atoms with Crippen LogP contribution in [0, 0.1) is 10.1 Å². The summed E-state index contributed by atoms with van der Waals surface area (Å²) in [5, 5.41) is 17.3. The Hall–Kier alpha value is -2.28. The Labute approximate surface area is 103 Å². The maximum Gasteiger partial charge on any atom is 0.269 e. The molecular formula is C11H12N4O3. The van der Waals surface area contributed by atoms with E-state index < -0.39 is 4.92 Å². The second-order valence-corrected chi connectivity index (χ2v) is 3.67. The third-order valence-electron chi connectivity index (χ3n) is 2.39. The number of benzene rings is 1. The summed E-state index contributed by atoms with van der Waals surface area (Å²) >= 11 is 0. The minimum absolute atomic E-state index is 0.0358. The molecule has 0 aliphatic carbocycles. The molecule has 0 unspecified atom stereocenters. The number of hydrogen-bond donors (Lipinski definition) is 1. The van der Waals surface area contributed by atoms with Crippen molar-refractivity contribution in [3.05, 3.63) is 40.2 Å². The number of nitrogens with zero attached hydrogens (tertiary/aromatic N) is 3. The Morgan fingerprint density at radius 2 is 2.11 bits per heavy atom. The molecule has 1 aromatic heterocycles. The van der Waals surface area contributed by atoms with E-state index in [1.54, 1.807) is 12.1 Å². The third-order valence-corrected chi connectivity index (χ3v) is 2.39. The molecule has 0 radical (unpaired) electrons. The summed E-state index contributed by atoms with van der Waals surface area (Å²) in [4.78, 5) is 14.3. The Morgan fingerprint density at radius 1 is 1.39 bits per heavy atom. The van der Waals surface area contributed by atoms with E-state index >= 15 is 0 Å². The summed E-state index contributed by atoms with van der Waals surface area (Å²) in [6.45, 7) is 0.763. The zero-order valence-electron chi connectivity index (χ0n) is 9.79. The van der Waals surface area contributed by atoms with E-state index in [4.69, 9.17) is 4.52 Å². The second-order valence-electron chi connectivity index (χ2n) is 3.67. The number of likely N-dealkylation sites (N-methyl/N-ethyl adjacent to an activating group) is 1. The first-order chi connectivity index (χ1) is 8.70. The SMILES string of the molecule is CNCCc1noc(-c2ccc([N+](=O)[O-])cc2)n1. The van der Waals surface area contributed by atoms with Gasteiger partial charge >= 0.3 is 0 Å². The van der Waals surface area contributed by atoms with Crippen molar-refractivity contribution in [3.63, 3.8) is 0 Å². The molecule has 0 bridgehead atoms. The maximum absolute atomic E-state index is 10.5. The average Bonchev–Trinajstić information content (AvgIpc) is 2.85. The summed E-state index contributed by atoms with van der Waals surface area (Å²) in [6, 6.07) is 6.00. The molecule has 0 aliphatic heterocycles. The van der Waals surface area contributed by atoms with Crippen molar-refractivity contribution < 1.29 is 9.45 Å². The molecule has 2 rings (SSSR count). The van der Waals surface area contributed by atoms with Crippen LogP contribution in [-0.2, 0) is 6.42 Å². The number of non-ortho nitro benzene ring substituents is 1. The minimum atomic E-state index is -0.448. The molecule has 1 N–H and O–H groups in total. The van der Waals surface area contributed by atoms with Gasteiger partial charge in [0.15, 0.2) is 5.82 Å².